The van der Waals surface area contributed by atoms with Crippen molar-refractivity contribution in [3.63, 3.8) is 0 Å². The molecular formula is C17H12ClN5O2. The fraction of sp³-hybridized carbons (Fsp3) is 0.0588. The van der Waals surface area contributed by atoms with Crippen LogP contribution in [0.15, 0.2) is 53.3 Å². The van der Waals surface area contributed by atoms with Crippen molar-refractivity contribution in [1.82, 2.24) is 24.9 Å². The van der Waals surface area contributed by atoms with E-state index >= 15 is 0 Å². The second kappa shape index (κ2) is 6.03. The molecule has 0 atom stereocenters. The van der Waals surface area contributed by atoms with Crippen LogP contribution in [0.3, 0.4) is 0 Å². The average Bonchev–Trinajstić information content (AvgIpc) is 3.00. The maximum absolute atomic E-state index is 12.7. The van der Waals surface area contributed by atoms with E-state index in [-0.39, 0.29) is 12.2 Å². The summed E-state index contributed by atoms with van der Waals surface area (Å²) in [6.07, 6.45) is 0. The third-order valence-electron chi connectivity index (χ3n) is 3.82. The van der Waals surface area contributed by atoms with Gasteiger partial charge in [-0.2, -0.15) is 5.10 Å². The van der Waals surface area contributed by atoms with Gasteiger partial charge in [0, 0.05) is 11.6 Å². The lowest BCUT2D eigenvalue weighted by molar-refractivity contribution is 0.0943. The Labute approximate surface area is 146 Å². The number of aromatic nitrogens is 4. The maximum atomic E-state index is 12.7. The molecule has 0 aliphatic heterocycles. The maximum Gasteiger partial charge on any atom is 0.291 e. The summed E-state index contributed by atoms with van der Waals surface area (Å²) in [5.41, 5.74) is 1.40. The van der Waals surface area contributed by atoms with E-state index in [0.29, 0.717) is 21.8 Å². The predicted molar refractivity (Wildman–Crippen MR) is 93.7 cm³/mol. The molecule has 8 heteroatoms. The Morgan fingerprint density at radius 1 is 1.16 bits per heavy atom. The van der Waals surface area contributed by atoms with E-state index in [4.69, 9.17) is 11.6 Å². The second-order valence-electron chi connectivity index (χ2n) is 5.45. The van der Waals surface area contributed by atoms with Crippen molar-refractivity contribution in [3.05, 3.63) is 75.2 Å². The number of imidazole rings is 1. The first-order valence-electron chi connectivity index (χ1n) is 7.52. The summed E-state index contributed by atoms with van der Waals surface area (Å²) in [6, 6.07) is 14.2. The minimum atomic E-state index is -0.559. The summed E-state index contributed by atoms with van der Waals surface area (Å²) >= 11 is 5.83. The lowest BCUT2D eigenvalue weighted by Crippen LogP contribution is -2.32. The Morgan fingerprint density at radius 3 is 2.72 bits per heavy atom. The normalized spacial score (nSPS) is 11.1. The summed E-state index contributed by atoms with van der Waals surface area (Å²) in [7, 11) is 0. The Morgan fingerprint density at radius 2 is 1.92 bits per heavy atom. The topological polar surface area (TPSA) is 92.2 Å². The zero-order chi connectivity index (χ0) is 17.4. The van der Waals surface area contributed by atoms with Gasteiger partial charge >= 0.3 is 0 Å². The highest BCUT2D eigenvalue weighted by Crippen LogP contribution is 2.12. The Hall–Kier alpha value is -3.19. The van der Waals surface area contributed by atoms with E-state index in [0.717, 1.165) is 5.56 Å². The largest absolute Gasteiger partial charge is 0.346 e. The number of nitrogens with one attached hydrogen (secondary N) is 2. The highest BCUT2D eigenvalue weighted by molar-refractivity contribution is 6.30. The van der Waals surface area contributed by atoms with Crippen molar-refractivity contribution >= 4 is 34.3 Å². The van der Waals surface area contributed by atoms with Crippen LogP contribution in [-0.2, 0) is 6.54 Å². The molecule has 1 amide bonds. The first kappa shape index (κ1) is 15.3. The zero-order valence-corrected chi connectivity index (χ0v) is 13.6. The number of aromatic amines is 1. The van der Waals surface area contributed by atoms with Gasteiger partial charge in [0.25, 0.3) is 11.5 Å². The van der Waals surface area contributed by atoms with Crippen molar-refractivity contribution in [2.75, 3.05) is 0 Å². The molecule has 2 heterocycles. The first-order valence-corrected chi connectivity index (χ1v) is 7.90. The lowest BCUT2D eigenvalue weighted by atomic mass is 10.2. The fourth-order valence-electron chi connectivity index (χ4n) is 2.58. The molecule has 2 aromatic carbocycles. The average molecular weight is 354 g/mol. The van der Waals surface area contributed by atoms with E-state index in [2.05, 4.69) is 20.5 Å². The third kappa shape index (κ3) is 2.74. The molecule has 4 aromatic rings. The highest BCUT2D eigenvalue weighted by atomic mass is 35.5. The monoisotopic (exact) mass is 353 g/mol. The summed E-state index contributed by atoms with van der Waals surface area (Å²) < 4.78 is 1.35. The Balaban J connectivity index is 1.67. The number of benzene rings is 2. The van der Waals surface area contributed by atoms with Crippen LogP contribution in [0, 0.1) is 0 Å². The number of rotatable bonds is 3. The molecule has 25 heavy (non-hydrogen) atoms. The molecule has 0 unspecified atom stereocenters. The van der Waals surface area contributed by atoms with Gasteiger partial charge in [0.2, 0.25) is 11.5 Å². The van der Waals surface area contributed by atoms with Crippen molar-refractivity contribution in [3.8, 4) is 0 Å². The quantitative estimate of drug-likeness (QED) is 0.590. The van der Waals surface area contributed by atoms with Gasteiger partial charge in [-0.15, -0.1) is 0 Å². The molecule has 0 radical (unpaired) electrons. The number of hydrogen-bond donors (Lipinski definition) is 2. The first-order chi connectivity index (χ1) is 12.1. The van der Waals surface area contributed by atoms with Crippen LogP contribution in [0.25, 0.3) is 16.8 Å². The van der Waals surface area contributed by atoms with Gasteiger partial charge in [0.05, 0.1) is 11.0 Å². The van der Waals surface area contributed by atoms with Crippen molar-refractivity contribution in [2.24, 2.45) is 0 Å². The number of hydrogen-bond acceptors (Lipinski definition) is 4. The van der Waals surface area contributed by atoms with Gasteiger partial charge in [0.1, 0.15) is 0 Å². The van der Waals surface area contributed by atoms with E-state index in [1.807, 2.05) is 6.07 Å². The summed E-state index contributed by atoms with van der Waals surface area (Å²) in [5.74, 6) is -0.267. The number of halogens is 1. The molecule has 0 spiro atoms. The molecule has 7 nitrogen and oxygen atoms in total. The van der Waals surface area contributed by atoms with Gasteiger partial charge < -0.3 is 5.32 Å². The SMILES string of the molecule is O=C(NCc1ccc(Cl)cc1)c1n[nH]c2nc3ccccc3n2c1=O. The van der Waals surface area contributed by atoms with E-state index in [1.54, 1.807) is 42.5 Å². The van der Waals surface area contributed by atoms with Gasteiger partial charge in [-0.05, 0) is 29.8 Å². The van der Waals surface area contributed by atoms with Crippen LogP contribution < -0.4 is 10.9 Å². The van der Waals surface area contributed by atoms with Crippen LogP contribution in [0.1, 0.15) is 16.1 Å². The van der Waals surface area contributed by atoms with Crippen LogP contribution in [0.5, 0.6) is 0 Å². The van der Waals surface area contributed by atoms with Crippen LogP contribution in [-0.4, -0.2) is 25.5 Å². The number of fused-ring (bicyclic) bond motifs is 3. The molecule has 0 aliphatic rings. The molecule has 0 bridgehead atoms. The highest BCUT2D eigenvalue weighted by Gasteiger charge is 2.17. The van der Waals surface area contributed by atoms with Crippen molar-refractivity contribution < 1.29 is 4.79 Å². The Kier molecular flexibility index (Phi) is 3.70. The van der Waals surface area contributed by atoms with Crippen molar-refractivity contribution in [1.29, 1.82) is 0 Å². The molecule has 2 N–H and O–H groups in total. The minimum absolute atomic E-state index is 0.218. The summed E-state index contributed by atoms with van der Waals surface area (Å²) in [5, 5.41) is 9.83. The molecule has 0 saturated heterocycles. The van der Waals surface area contributed by atoms with Gasteiger partial charge in [-0.1, -0.05) is 35.9 Å². The number of carbonyl (C=O) groups is 1. The van der Waals surface area contributed by atoms with Crippen LogP contribution >= 0.6 is 11.6 Å². The lowest BCUT2D eigenvalue weighted by Gasteiger charge is -2.05. The number of para-hydroxylation sites is 2. The summed E-state index contributed by atoms with van der Waals surface area (Å²) in [4.78, 5) is 29.3. The van der Waals surface area contributed by atoms with Gasteiger partial charge in [0.15, 0.2) is 0 Å². The van der Waals surface area contributed by atoms with Crippen LogP contribution in [0.4, 0.5) is 0 Å². The molecule has 0 fully saturated rings. The smallest absolute Gasteiger partial charge is 0.291 e. The zero-order valence-electron chi connectivity index (χ0n) is 12.9. The van der Waals surface area contributed by atoms with E-state index in [1.165, 1.54) is 4.40 Å². The number of nitrogens with zero attached hydrogens (tertiary/aromatic N) is 3. The van der Waals surface area contributed by atoms with Gasteiger partial charge in [-0.3, -0.25) is 9.59 Å². The molecular weight excluding hydrogens is 342 g/mol. The minimum Gasteiger partial charge on any atom is -0.346 e. The number of carbonyl (C=O) groups excluding carboxylic acids is 1. The fourth-order valence-corrected chi connectivity index (χ4v) is 2.71. The number of amides is 1. The Bertz CT molecular complexity index is 1150. The number of H-pyrrole nitrogens is 1. The van der Waals surface area contributed by atoms with Crippen molar-refractivity contribution in [2.45, 2.75) is 6.54 Å². The van der Waals surface area contributed by atoms with E-state index < -0.39 is 11.5 Å². The van der Waals surface area contributed by atoms with Gasteiger partial charge in [-0.25, -0.2) is 14.5 Å². The molecule has 0 saturated carbocycles. The second-order valence-corrected chi connectivity index (χ2v) is 5.88. The molecule has 124 valence electrons. The van der Waals surface area contributed by atoms with Crippen LogP contribution in [0.2, 0.25) is 5.02 Å². The van der Waals surface area contributed by atoms with E-state index in [9.17, 15) is 9.59 Å². The molecule has 4 rings (SSSR count). The standard InChI is InChI=1S/C17H12ClN5O2/c18-11-7-5-10(6-8-11)9-19-15(24)14-16(25)23-13-4-2-1-3-12(13)20-17(23)22-21-14/h1-8H,9H2,(H,19,24)(H,20,22). The molecule has 2 aromatic heterocycles. The predicted octanol–water partition coefficient (Wildman–Crippen LogP) is 2.15. The third-order valence-corrected chi connectivity index (χ3v) is 4.07. The summed E-state index contributed by atoms with van der Waals surface area (Å²) in [6.45, 7) is 0.264. The molecule has 0 aliphatic carbocycles.